The van der Waals surface area contributed by atoms with Crippen LogP contribution in [0.1, 0.15) is 39.2 Å². The molecule has 0 N–H and O–H groups in total. The lowest BCUT2D eigenvalue weighted by Gasteiger charge is -2.32. The van der Waals surface area contributed by atoms with E-state index in [4.69, 9.17) is 4.74 Å². The number of hydrogen-bond donors (Lipinski definition) is 0. The van der Waals surface area contributed by atoms with E-state index in [1.54, 1.807) is 11.1 Å². The molecule has 1 atom stereocenters. The van der Waals surface area contributed by atoms with E-state index in [0.717, 1.165) is 5.56 Å². The highest BCUT2D eigenvalue weighted by molar-refractivity contribution is 7.85. The van der Waals surface area contributed by atoms with Crippen LogP contribution in [0.5, 0.6) is 0 Å². The molecule has 122 valence electrons. The molecule has 2 rings (SSSR count). The molecule has 0 bridgehead atoms. The van der Waals surface area contributed by atoms with Gasteiger partial charge in [0.1, 0.15) is 10.6 Å². The number of carbonyl (C=O) groups is 1. The van der Waals surface area contributed by atoms with E-state index < -0.39 is 16.4 Å². The van der Waals surface area contributed by atoms with Gasteiger partial charge in [-0.05, 0) is 52.2 Å². The van der Waals surface area contributed by atoms with E-state index in [2.05, 4.69) is 4.98 Å². The van der Waals surface area contributed by atoms with Crippen molar-refractivity contribution < 1.29 is 13.7 Å². The lowest BCUT2D eigenvalue weighted by Crippen LogP contribution is -2.43. The number of likely N-dealkylation sites (tertiary alicyclic amines) is 1. The van der Waals surface area contributed by atoms with Gasteiger partial charge in [0.05, 0.1) is 10.8 Å². The van der Waals surface area contributed by atoms with Crippen LogP contribution >= 0.6 is 0 Å². The molecule has 5 nitrogen and oxygen atoms in total. The molecule has 1 aliphatic heterocycles. The molecule has 22 heavy (non-hydrogen) atoms. The van der Waals surface area contributed by atoms with Crippen molar-refractivity contribution >= 4 is 16.9 Å². The maximum absolute atomic E-state index is 12.5. The number of ether oxygens (including phenoxy) is 1. The number of hydrogen-bond acceptors (Lipinski definition) is 4. The second kappa shape index (κ2) is 6.77. The molecule has 6 heteroatoms. The lowest BCUT2D eigenvalue weighted by atomic mass is 10.1. The van der Waals surface area contributed by atoms with Crippen LogP contribution in [0.4, 0.5) is 4.79 Å². The zero-order valence-electron chi connectivity index (χ0n) is 13.7. The fourth-order valence-electron chi connectivity index (χ4n) is 2.32. The van der Waals surface area contributed by atoms with Crippen molar-refractivity contribution in [2.24, 2.45) is 0 Å². The summed E-state index contributed by atoms with van der Waals surface area (Å²) in [6, 6.07) is 3.75. The van der Waals surface area contributed by atoms with Gasteiger partial charge < -0.3 is 9.64 Å². The highest BCUT2D eigenvalue weighted by atomic mass is 32.2. The van der Waals surface area contributed by atoms with Gasteiger partial charge in [0, 0.05) is 24.5 Å². The second-order valence-corrected chi connectivity index (χ2v) is 8.32. The molecule has 0 aliphatic carbocycles. The Bertz CT molecular complexity index is 544. The van der Waals surface area contributed by atoms with Gasteiger partial charge in [-0.2, -0.15) is 0 Å². The topological polar surface area (TPSA) is 59.5 Å². The molecule has 2 heterocycles. The third-order valence-electron chi connectivity index (χ3n) is 3.49. The lowest BCUT2D eigenvalue weighted by molar-refractivity contribution is 0.0218. The Labute approximate surface area is 134 Å². The monoisotopic (exact) mass is 324 g/mol. The molecule has 1 amide bonds. The van der Waals surface area contributed by atoms with Crippen LogP contribution in [-0.2, 0) is 15.5 Å². The van der Waals surface area contributed by atoms with Crippen LogP contribution in [0.25, 0.3) is 0 Å². The molecule has 0 saturated carbocycles. The summed E-state index contributed by atoms with van der Waals surface area (Å²) in [6.45, 7) is 8.69. The number of pyridine rings is 1. The van der Waals surface area contributed by atoms with Crippen LogP contribution in [-0.4, -0.2) is 44.1 Å². The van der Waals surface area contributed by atoms with Crippen molar-refractivity contribution in [1.82, 2.24) is 9.88 Å². The maximum Gasteiger partial charge on any atom is 0.410 e. The molecule has 0 spiro atoms. The first-order valence-electron chi connectivity index (χ1n) is 7.57. The number of carbonyl (C=O) groups excluding carboxylic acids is 1. The summed E-state index contributed by atoms with van der Waals surface area (Å²) in [7, 11) is -1.12. The van der Waals surface area contributed by atoms with E-state index in [1.165, 1.54) is 0 Å². The van der Waals surface area contributed by atoms with Crippen molar-refractivity contribution in [2.75, 3.05) is 13.1 Å². The normalized spacial score (nSPS) is 18.1. The third kappa shape index (κ3) is 4.53. The Morgan fingerprint density at radius 2 is 1.95 bits per heavy atom. The predicted molar refractivity (Wildman–Crippen MR) is 86.2 cm³/mol. The Balaban J connectivity index is 1.90. The van der Waals surface area contributed by atoms with Gasteiger partial charge in [0.2, 0.25) is 0 Å². The van der Waals surface area contributed by atoms with Crippen LogP contribution < -0.4 is 0 Å². The summed E-state index contributed by atoms with van der Waals surface area (Å²) in [5.41, 5.74) is 0.572. The fraction of sp³-hybridized carbons (Fsp3) is 0.625. The van der Waals surface area contributed by atoms with Crippen molar-refractivity contribution in [3.05, 3.63) is 23.9 Å². The largest absolute Gasteiger partial charge is 0.444 e. The zero-order chi connectivity index (χ0) is 16.3. The van der Waals surface area contributed by atoms with Crippen LogP contribution in [0.3, 0.4) is 0 Å². The molecule has 1 aliphatic rings. The Hall–Kier alpha value is -1.43. The molecule has 1 saturated heterocycles. The minimum absolute atomic E-state index is 0.0499. The first kappa shape index (κ1) is 16.9. The minimum atomic E-state index is -1.12. The second-order valence-electron chi connectivity index (χ2n) is 6.64. The molecular formula is C16H24N2O3S. The van der Waals surface area contributed by atoms with Gasteiger partial charge >= 0.3 is 6.09 Å². The van der Waals surface area contributed by atoms with Gasteiger partial charge in [-0.1, -0.05) is 6.07 Å². The van der Waals surface area contributed by atoms with Crippen LogP contribution in [0.2, 0.25) is 0 Å². The number of nitrogens with zero attached hydrogens (tertiary/aromatic N) is 2. The van der Waals surface area contributed by atoms with Crippen LogP contribution in [0, 0.1) is 6.92 Å². The standard InChI is InChI=1S/C16H24N2O3S/c1-12-5-6-14(17-11-12)22(20)13-7-9-18(10-8-13)15(19)21-16(2,3)4/h5-6,11,13H,7-10H2,1-4H3. The first-order chi connectivity index (χ1) is 10.3. The minimum Gasteiger partial charge on any atom is -0.444 e. The number of rotatable bonds is 2. The van der Waals surface area contributed by atoms with E-state index in [9.17, 15) is 9.00 Å². The van der Waals surface area contributed by atoms with Gasteiger partial charge in [-0.3, -0.25) is 4.21 Å². The Morgan fingerprint density at radius 1 is 1.32 bits per heavy atom. The Kier molecular flexibility index (Phi) is 5.21. The molecular weight excluding hydrogens is 300 g/mol. The Morgan fingerprint density at radius 3 is 2.45 bits per heavy atom. The maximum atomic E-state index is 12.5. The van der Waals surface area contributed by atoms with E-state index >= 15 is 0 Å². The smallest absolute Gasteiger partial charge is 0.410 e. The summed E-state index contributed by atoms with van der Waals surface area (Å²) in [4.78, 5) is 18.0. The van der Waals surface area contributed by atoms with Gasteiger partial charge in [-0.15, -0.1) is 0 Å². The van der Waals surface area contributed by atoms with Crippen molar-refractivity contribution in [2.45, 2.75) is 56.4 Å². The molecule has 1 fully saturated rings. The number of aryl methyl sites for hydroxylation is 1. The summed E-state index contributed by atoms with van der Waals surface area (Å²) in [5, 5.41) is 0.676. The zero-order valence-corrected chi connectivity index (χ0v) is 14.5. The van der Waals surface area contributed by atoms with E-state index in [1.807, 2.05) is 39.8 Å². The van der Waals surface area contributed by atoms with Gasteiger partial charge in [0.25, 0.3) is 0 Å². The van der Waals surface area contributed by atoms with Crippen molar-refractivity contribution in [1.29, 1.82) is 0 Å². The molecule has 0 radical (unpaired) electrons. The molecule has 1 aromatic heterocycles. The number of amides is 1. The summed E-state index contributed by atoms with van der Waals surface area (Å²) in [6.07, 6.45) is 2.87. The van der Waals surface area contributed by atoms with Crippen LogP contribution in [0.15, 0.2) is 23.4 Å². The number of piperidine rings is 1. The average molecular weight is 324 g/mol. The first-order valence-corrected chi connectivity index (χ1v) is 8.79. The van der Waals surface area contributed by atoms with Gasteiger partial charge in [-0.25, -0.2) is 9.78 Å². The molecule has 0 aromatic carbocycles. The quantitative estimate of drug-likeness (QED) is 0.839. The van der Waals surface area contributed by atoms with Gasteiger partial charge in [0.15, 0.2) is 0 Å². The third-order valence-corrected chi connectivity index (χ3v) is 5.22. The van der Waals surface area contributed by atoms with Crippen molar-refractivity contribution in [3.63, 3.8) is 0 Å². The summed E-state index contributed by atoms with van der Waals surface area (Å²) < 4.78 is 17.9. The fourth-order valence-corrected chi connectivity index (χ4v) is 3.66. The van der Waals surface area contributed by atoms with Crippen molar-refractivity contribution in [3.8, 4) is 0 Å². The predicted octanol–water partition coefficient (Wildman–Crippen LogP) is 2.90. The average Bonchev–Trinajstić information content (AvgIpc) is 2.46. The molecule has 1 aromatic rings. The summed E-state index contributed by atoms with van der Waals surface area (Å²) >= 11 is 0. The highest BCUT2D eigenvalue weighted by Crippen LogP contribution is 2.21. The molecule has 1 unspecified atom stereocenters. The SMILES string of the molecule is Cc1ccc(S(=O)C2CCN(C(=O)OC(C)(C)C)CC2)nc1. The highest BCUT2D eigenvalue weighted by Gasteiger charge is 2.30. The van der Waals surface area contributed by atoms with E-state index in [-0.39, 0.29) is 11.3 Å². The summed E-state index contributed by atoms with van der Waals surface area (Å²) in [5.74, 6) is 0. The number of aromatic nitrogens is 1. The van der Waals surface area contributed by atoms with E-state index in [0.29, 0.717) is 31.0 Å².